The summed E-state index contributed by atoms with van der Waals surface area (Å²) in [5.74, 6) is 0.908. The highest BCUT2D eigenvalue weighted by Crippen LogP contribution is 2.26. The Balaban J connectivity index is 2.19. The van der Waals surface area contributed by atoms with Gasteiger partial charge in [-0.3, -0.25) is 9.10 Å². The lowest BCUT2D eigenvalue weighted by atomic mass is 10.1. The number of anilines is 1. The topological polar surface area (TPSA) is 84.9 Å². The van der Waals surface area contributed by atoms with Gasteiger partial charge in [0.25, 0.3) is 0 Å². The van der Waals surface area contributed by atoms with Crippen molar-refractivity contribution in [1.29, 1.82) is 0 Å². The number of benzene rings is 2. The Morgan fingerprint density at radius 1 is 1.10 bits per heavy atom. The van der Waals surface area contributed by atoms with E-state index in [4.69, 9.17) is 9.47 Å². The first-order valence-electron chi connectivity index (χ1n) is 9.43. The summed E-state index contributed by atoms with van der Waals surface area (Å²) in [6.07, 6.45) is 1.41. The van der Waals surface area contributed by atoms with Gasteiger partial charge in [-0.1, -0.05) is 25.1 Å². The summed E-state index contributed by atoms with van der Waals surface area (Å²) in [4.78, 5) is 12.9. The fraction of sp³-hybridized carbons (Fsp3) is 0.381. The van der Waals surface area contributed by atoms with Crippen LogP contribution in [0, 0.1) is 0 Å². The Morgan fingerprint density at radius 3 is 2.34 bits per heavy atom. The number of carbonyl (C=O) groups is 1. The molecule has 0 unspecified atom stereocenters. The van der Waals surface area contributed by atoms with Crippen molar-refractivity contribution in [2.75, 3.05) is 24.3 Å². The van der Waals surface area contributed by atoms with Gasteiger partial charge in [0.1, 0.15) is 17.5 Å². The number of ether oxygens (including phenoxy) is 2. The maximum absolute atomic E-state index is 12.9. The van der Waals surface area contributed by atoms with Gasteiger partial charge in [0.2, 0.25) is 15.9 Å². The largest absolute Gasteiger partial charge is 0.497 e. The number of amides is 1. The van der Waals surface area contributed by atoms with Crippen molar-refractivity contribution >= 4 is 21.6 Å². The van der Waals surface area contributed by atoms with Gasteiger partial charge >= 0.3 is 0 Å². The Morgan fingerprint density at radius 2 is 1.79 bits per heavy atom. The van der Waals surface area contributed by atoms with Crippen molar-refractivity contribution in [1.82, 2.24) is 5.32 Å². The average Bonchev–Trinajstić information content (AvgIpc) is 2.70. The van der Waals surface area contributed by atoms with E-state index in [1.165, 1.54) is 7.11 Å². The van der Waals surface area contributed by atoms with Crippen LogP contribution in [0.25, 0.3) is 0 Å². The zero-order valence-electron chi connectivity index (χ0n) is 17.2. The van der Waals surface area contributed by atoms with Crippen LogP contribution < -0.4 is 19.1 Å². The first-order valence-corrected chi connectivity index (χ1v) is 11.3. The summed E-state index contributed by atoms with van der Waals surface area (Å²) in [6.45, 7) is 4.56. The molecule has 1 atom stereocenters. The second-order valence-electron chi connectivity index (χ2n) is 6.48. The Hall–Kier alpha value is -2.74. The van der Waals surface area contributed by atoms with Gasteiger partial charge in [-0.15, -0.1) is 0 Å². The maximum Gasteiger partial charge on any atom is 0.244 e. The molecule has 0 bridgehead atoms. The zero-order valence-corrected chi connectivity index (χ0v) is 18.0. The van der Waals surface area contributed by atoms with Gasteiger partial charge in [0, 0.05) is 12.6 Å². The second-order valence-corrected chi connectivity index (χ2v) is 8.34. The van der Waals surface area contributed by atoms with E-state index in [-0.39, 0.29) is 12.5 Å². The molecule has 2 aromatic rings. The number of rotatable bonds is 10. The van der Waals surface area contributed by atoms with Gasteiger partial charge in [0.15, 0.2) is 0 Å². The van der Waals surface area contributed by atoms with Crippen LogP contribution in [0.15, 0.2) is 48.5 Å². The lowest BCUT2D eigenvalue weighted by molar-refractivity contribution is -0.122. The van der Waals surface area contributed by atoms with E-state index in [1.807, 2.05) is 31.2 Å². The van der Waals surface area contributed by atoms with Crippen LogP contribution in [-0.2, 0) is 21.4 Å². The average molecular weight is 421 g/mol. The minimum Gasteiger partial charge on any atom is -0.497 e. The quantitative estimate of drug-likeness (QED) is 0.639. The summed E-state index contributed by atoms with van der Waals surface area (Å²) in [5.41, 5.74) is 1.28. The monoisotopic (exact) mass is 420 g/mol. The molecule has 0 aliphatic heterocycles. The maximum atomic E-state index is 12.9. The van der Waals surface area contributed by atoms with E-state index >= 15 is 0 Å². The van der Waals surface area contributed by atoms with Crippen LogP contribution in [0.1, 0.15) is 25.8 Å². The molecule has 2 aromatic carbocycles. The van der Waals surface area contributed by atoms with Gasteiger partial charge < -0.3 is 14.8 Å². The first kappa shape index (κ1) is 22.5. The van der Waals surface area contributed by atoms with E-state index in [0.29, 0.717) is 24.5 Å². The lowest BCUT2D eigenvalue weighted by Crippen LogP contribution is -2.49. The van der Waals surface area contributed by atoms with Crippen molar-refractivity contribution in [2.45, 2.75) is 32.9 Å². The number of sulfonamides is 1. The van der Waals surface area contributed by atoms with Gasteiger partial charge in [-0.25, -0.2) is 8.42 Å². The first-order chi connectivity index (χ1) is 13.8. The second kappa shape index (κ2) is 10.2. The fourth-order valence-electron chi connectivity index (χ4n) is 2.99. The van der Waals surface area contributed by atoms with Gasteiger partial charge in [0.05, 0.1) is 25.7 Å². The third-order valence-electron chi connectivity index (χ3n) is 4.34. The molecule has 8 heteroatoms. The highest BCUT2D eigenvalue weighted by Gasteiger charge is 2.31. The molecule has 0 radical (unpaired) electrons. The van der Waals surface area contributed by atoms with Crippen LogP contribution in [-0.4, -0.2) is 40.3 Å². The number of methoxy groups -OCH3 is 1. The predicted octanol–water partition coefficient (Wildman–Crippen LogP) is 2.95. The molecule has 0 fully saturated rings. The van der Waals surface area contributed by atoms with E-state index < -0.39 is 16.1 Å². The molecule has 0 heterocycles. The molecular formula is C21H28N2O5S. The van der Waals surface area contributed by atoms with Crippen LogP contribution in [0.5, 0.6) is 11.5 Å². The van der Waals surface area contributed by atoms with Gasteiger partial charge in [-0.05, 0) is 43.2 Å². The van der Waals surface area contributed by atoms with Crippen molar-refractivity contribution in [3.05, 3.63) is 54.1 Å². The minimum atomic E-state index is -3.69. The lowest BCUT2D eigenvalue weighted by Gasteiger charge is -2.30. The minimum absolute atomic E-state index is 0.289. The molecule has 0 saturated heterocycles. The SMILES string of the molecule is CCOc1ccc(CNC(=O)[C@@H](CC)N(c2cccc(OC)c2)S(C)(=O)=O)cc1. The van der Waals surface area contributed by atoms with Crippen molar-refractivity contribution in [3.8, 4) is 11.5 Å². The summed E-state index contributed by atoms with van der Waals surface area (Å²) < 4.78 is 36.7. The molecule has 2 rings (SSSR count). The van der Waals surface area contributed by atoms with E-state index in [1.54, 1.807) is 31.2 Å². The van der Waals surface area contributed by atoms with Crippen LogP contribution in [0.2, 0.25) is 0 Å². The smallest absolute Gasteiger partial charge is 0.244 e. The predicted molar refractivity (Wildman–Crippen MR) is 114 cm³/mol. The third-order valence-corrected chi connectivity index (χ3v) is 5.52. The third kappa shape index (κ3) is 6.12. The Labute approximate surface area is 172 Å². The van der Waals surface area contributed by atoms with Crippen LogP contribution >= 0.6 is 0 Å². The number of carbonyl (C=O) groups excluding carboxylic acids is 1. The van der Waals surface area contributed by atoms with E-state index in [2.05, 4.69) is 5.32 Å². The highest BCUT2D eigenvalue weighted by atomic mass is 32.2. The summed E-state index contributed by atoms with van der Waals surface area (Å²) in [5, 5.41) is 2.84. The standard InChI is InChI=1S/C21H28N2O5S/c1-5-20(21(24)22-15-16-10-12-18(13-11-16)28-6-2)23(29(4,25)26)17-8-7-9-19(14-17)27-3/h7-14,20H,5-6,15H2,1-4H3,(H,22,24)/t20-/m1/s1. The number of nitrogens with zero attached hydrogens (tertiary/aromatic N) is 1. The summed E-state index contributed by atoms with van der Waals surface area (Å²) in [6, 6.07) is 13.2. The molecule has 0 aromatic heterocycles. The molecule has 0 spiro atoms. The van der Waals surface area contributed by atoms with Crippen molar-refractivity contribution in [2.24, 2.45) is 0 Å². The molecule has 1 N–H and O–H groups in total. The molecule has 0 aliphatic rings. The number of hydrogen-bond donors (Lipinski definition) is 1. The molecule has 7 nitrogen and oxygen atoms in total. The van der Waals surface area contributed by atoms with Crippen molar-refractivity contribution < 1.29 is 22.7 Å². The zero-order chi connectivity index (χ0) is 21.4. The van der Waals surface area contributed by atoms with Gasteiger partial charge in [-0.2, -0.15) is 0 Å². The van der Waals surface area contributed by atoms with Crippen LogP contribution in [0.3, 0.4) is 0 Å². The Bertz CT molecular complexity index is 913. The fourth-order valence-corrected chi connectivity index (χ4v) is 4.19. The Kier molecular flexibility index (Phi) is 7.90. The van der Waals surface area contributed by atoms with E-state index in [0.717, 1.165) is 21.9 Å². The summed E-state index contributed by atoms with van der Waals surface area (Å²) in [7, 11) is -2.19. The molecule has 0 saturated carbocycles. The normalized spacial score (nSPS) is 12.1. The molecular weight excluding hydrogens is 392 g/mol. The van der Waals surface area contributed by atoms with E-state index in [9.17, 15) is 13.2 Å². The molecule has 29 heavy (non-hydrogen) atoms. The molecule has 0 aliphatic carbocycles. The molecule has 158 valence electrons. The molecule has 1 amide bonds. The van der Waals surface area contributed by atoms with Crippen molar-refractivity contribution in [3.63, 3.8) is 0 Å². The highest BCUT2D eigenvalue weighted by molar-refractivity contribution is 7.92. The summed E-state index contributed by atoms with van der Waals surface area (Å²) >= 11 is 0. The number of hydrogen-bond acceptors (Lipinski definition) is 5. The van der Waals surface area contributed by atoms with Crippen LogP contribution in [0.4, 0.5) is 5.69 Å². The number of nitrogens with one attached hydrogen (secondary N) is 1.